The molecular weight excluding hydrogens is 576 g/mol. The predicted octanol–water partition coefficient (Wildman–Crippen LogP) is 6.83. The van der Waals surface area contributed by atoms with Crippen molar-refractivity contribution in [2.24, 2.45) is 0 Å². The van der Waals surface area contributed by atoms with Gasteiger partial charge >= 0.3 is 6.18 Å². The van der Waals surface area contributed by atoms with Gasteiger partial charge in [-0.3, -0.25) is 9.44 Å². The molecule has 3 aromatic carbocycles. The Hall–Kier alpha value is -3.13. The molecule has 0 unspecified atom stereocenters. The number of rotatable bonds is 7. The normalized spacial score (nSPS) is 12.4. The second-order valence-electron chi connectivity index (χ2n) is 7.54. The fourth-order valence-electron chi connectivity index (χ4n) is 3.26. The number of alkyl halides is 3. The summed E-state index contributed by atoms with van der Waals surface area (Å²) >= 11 is 6.58. The molecular formula is C23H15ClF4N2O4S3. The van der Waals surface area contributed by atoms with Gasteiger partial charge in [-0.2, -0.15) is 13.2 Å². The van der Waals surface area contributed by atoms with Crippen LogP contribution in [0.1, 0.15) is 5.56 Å². The number of sulfonamides is 2. The fraction of sp³-hybridized carbons (Fsp3) is 0.0435. The molecule has 0 aliphatic heterocycles. The van der Waals surface area contributed by atoms with Crippen LogP contribution in [0.2, 0.25) is 4.34 Å². The van der Waals surface area contributed by atoms with Crippen LogP contribution >= 0.6 is 22.9 Å². The first-order chi connectivity index (χ1) is 17.3. The number of thiophene rings is 1. The number of nitrogens with one attached hydrogen (secondary N) is 2. The van der Waals surface area contributed by atoms with Gasteiger partial charge in [0.05, 0.1) is 26.2 Å². The molecule has 0 saturated carbocycles. The van der Waals surface area contributed by atoms with Crippen molar-refractivity contribution in [3.8, 4) is 11.1 Å². The summed E-state index contributed by atoms with van der Waals surface area (Å²) in [5.74, 6) is -0.629. The summed E-state index contributed by atoms with van der Waals surface area (Å²) in [4.78, 5) is -0.711. The highest BCUT2D eigenvalue weighted by Gasteiger charge is 2.32. The fourth-order valence-corrected chi connectivity index (χ4v) is 6.94. The molecule has 0 amide bonds. The van der Waals surface area contributed by atoms with E-state index in [9.17, 15) is 34.4 Å². The standard InChI is InChI=1S/C23H15ClF4N2O4S3/c24-21-10-11-22(35-21)37(33,34)29-19-9-8-14(17-6-1-2-7-18(17)25)12-20(19)30-36(31,32)16-5-3-4-15(13-16)23(26,27)28/h1-13,29-30H. The summed E-state index contributed by atoms with van der Waals surface area (Å²) in [6.07, 6.45) is -4.79. The molecule has 4 aromatic rings. The SMILES string of the molecule is O=S(=O)(Nc1cc(-c2ccccc2F)ccc1NS(=O)(=O)c1ccc(Cl)s1)c1cccc(C(F)(F)F)c1. The average Bonchev–Trinajstić information content (AvgIpc) is 3.27. The number of anilines is 2. The van der Waals surface area contributed by atoms with Gasteiger partial charge in [0.2, 0.25) is 0 Å². The van der Waals surface area contributed by atoms with Crippen molar-refractivity contribution in [1.29, 1.82) is 0 Å². The molecule has 1 heterocycles. The van der Waals surface area contributed by atoms with Gasteiger partial charge in [-0.05, 0) is 54.1 Å². The zero-order valence-corrected chi connectivity index (χ0v) is 21.5. The van der Waals surface area contributed by atoms with Gasteiger partial charge < -0.3 is 0 Å². The second-order valence-corrected chi connectivity index (χ2v) is 12.8. The highest BCUT2D eigenvalue weighted by molar-refractivity contribution is 7.94. The summed E-state index contributed by atoms with van der Waals surface area (Å²) in [6, 6.07) is 15.0. The lowest BCUT2D eigenvalue weighted by Gasteiger charge is -2.16. The minimum Gasteiger partial charge on any atom is -0.277 e. The van der Waals surface area contributed by atoms with Crippen LogP contribution in [-0.4, -0.2) is 16.8 Å². The largest absolute Gasteiger partial charge is 0.416 e. The molecule has 0 radical (unpaired) electrons. The van der Waals surface area contributed by atoms with E-state index in [0.717, 1.165) is 23.5 Å². The Kier molecular flexibility index (Phi) is 7.25. The van der Waals surface area contributed by atoms with E-state index in [2.05, 4.69) is 9.44 Å². The topological polar surface area (TPSA) is 92.3 Å². The molecule has 14 heteroatoms. The Morgan fingerprint density at radius 2 is 1.46 bits per heavy atom. The predicted molar refractivity (Wildman–Crippen MR) is 134 cm³/mol. The third-order valence-corrected chi connectivity index (χ3v) is 9.43. The van der Waals surface area contributed by atoms with Crippen LogP contribution in [0.15, 0.2) is 88.0 Å². The Morgan fingerprint density at radius 1 is 0.757 bits per heavy atom. The molecule has 194 valence electrons. The molecule has 2 N–H and O–H groups in total. The van der Waals surface area contributed by atoms with E-state index in [-0.39, 0.29) is 31.0 Å². The lowest BCUT2D eigenvalue weighted by molar-refractivity contribution is -0.137. The molecule has 0 aliphatic carbocycles. The van der Waals surface area contributed by atoms with Crippen LogP contribution in [0, 0.1) is 5.82 Å². The van der Waals surface area contributed by atoms with Crippen molar-refractivity contribution in [2.45, 2.75) is 15.3 Å². The van der Waals surface area contributed by atoms with Crippen LogP contribution in [0.4, 0.5) is 28.9 Å². The zero-order chi connectivity index (χ0) is 27.0. The van der Waals surface area contributed by atoms with Crippen molar-refractivity contribution < 1.29 is 34.4 Å². The molecule has 0 atom stereocenters. The van der Waals surface area contributed by atoms with Crippen molar-refractivity contribution >= 4 is 54.4 Å². The highest BCUT2D eigenvalue weighted by Crippen LogP contribution is 2.36. The van der Waals surface area contributed by atoms with Crippen LogP contribution in [0.3, 0.4) is 0 Å². The summed E-state index contributed by atoms with van der Waals surface area (Å²) in [7, 11) is -8.86. The average molecular weight is 591 g/mol. The van der Waals surface area contributed by atoms with Crippen molar-refractivity contribution in [1.82, 2.24) is 0 Å². The van der Waals surface area contributed by atoms with Gasteiger partial charge in [0.1, 0.15) is 10.0 Å². The first kappa shape index (κ1) is 26.9. The van der Waals surface area contributed by atoms with Crippen LogP contribution in [0.5, 0.6) is 0 Å². The van der Waals surface area contributed by atoms with Crippen LogP contribution in [0.25, 0.3) is 11.1 Å². The minimum atomic E-state index is -4.79. The Labute approximate surface area is 218 Å². The monoisotopic (exact) mass is 590 g/mol. The molecule has 0 spiro atoms. The Bertz CT molecular complexity index is 1690. The van der Waals surface area contributed by atoms with E-state index in [1.807, 2.05) is 0 Å². The maximum atomic E-state index is 14.4. The third kappa shape index (κ3) is 6.06. The van der Waals surface area contributed by atoms with Gasteiger partial charge in [0.15, 0.2) is 0 Å². The summed E-state index contributed by atoms with van der Waals surface area (Å²) in [6.45, 7) is 0. The van der Waals surface area contributed by atoms with Gasteiger partial charge in [0.25, 0.3) is 20.0 Å². The van der Waals surface area contributed by atoms with E-state index in [1.54, 1.807) is 6.07 Å². The molecule has 37 heavy (non-hydrogen) atoms. The summed E-state index contributed by atoms with van der Waals surface area (Å²) in [5, 5.41) is 0. The van der Waals surface area contributed by atoms with E-state index >= 15 is 0 Å². The maximum absolute atomic E-state index is 14.4. The summed E-state index contributed by atoms with van der Waals surface area (Å²) < 4.78 is 110. The first-order valence-corrected chi connectivity index (χ1v) is 14.3. The molecule has 0 bridgehead atoms. The smallest absolute Gasteiger partial charge is 0.277 e. The van der Waals surface area contributed by atoms with Crippen molar-refractivity contribution in [3.05, 3.63) is 94.6 Å². The second kappa shape index (κ2) is 9.97. The molecule has 6 nitrogen and oxygen atoms in total. The van der Waals surface area contributed by atoms with E-state index in [4.69, 9.17) is 11.6 Å². The van der Waals surface area contributed by atoms with Gasteiger partial charge in [-0.25, -0.2) is 21.2 Å². The van der Waals surface area contributed by atoms with Crippen molar-refractivity contribution in [2.75, 3.05) is 9.44 Å². The lowest BCUT2D eigenvalue weighted by Crippen LogP contribution is -2.18. The Balaban J connectivity index is 1.80. The minimum absolute atomic E-state index is 0.0847. The number of benzene rings is 3. The molecule has 0 saturated heterocycles. The maximum Gasteiger partial charge on any atom is 0.416 e. The van der Waals surface area contributed by atoms with Gasteiger partial charge in [-0.1, -0.05) is 41.9 Å². The first-order valence-electron chi connectivity index (χ1n) is 10.1. The zero-order valence-electron chi connectivity index (χ0n) is 18.3. The third-order valence-electron chi connectivity index (χ3n) is 4.98. The number of hydrogen-bond acceptors (Lipinski definition) is 5. The molecule has 0 aliphatic rings. The van der Waals surface area contributed by atoms with E-state index in [1.165, 1.54) is 48.5 Å². The Morgan fingerprint density at radius 3 is 2.11 bits per heavy atom. The van der Waals surface area contributed by atoms with Crippen LogP contribution in [-0.2, 0) is 26.2 Å². The molecule has 0 fully saturated rings. The quantitative estimate of drug-likeness (QED) is 0.231. The van der Waals surface area contributed by atoms with E-state index < -0.39 is 42.5 Å². The molecule has 4 rings (SSSR count). The lowest BCUT2D eigenvalue weighted by atomic mass is 10.0. The number of halogens is 5. The van der Waals surface area contributed by atoms with Crippen molar-refractivity contribution in [3.63, 3.8) is 0 Å². The van der Waals surface area contributed by atoms with Crippen LogP contribution < -0.4 is 9.44 Å². The van der Waals surface area contributed by atoms with Gasteiger partial charge in [-0.15, -0.1) is 11.3 Å². The molecule has 1 aromatic heterocycles. The summed E-state index contributed by atoms with van der Waals surface area (Å²) in [5.41, 5.74) is -1.51. The highest BCUT2D eigenvalue weighted by atomic mass is 35.5. The number of hydrogen-bond donors (Lipinski definition) is 2. The van der Waals surface area contributed by atoms with Gasteiger partial charge in [0, 0.05) is 5.56 Å². The van der Waals surface area contributed by atoms with E-state index in [0.29, 0.717) is 12.1 Å².